The lowest BCUT2D eigenvalue weighted by molar-refractivity contribution is 0.174. The average Bonchev–Trinajstić information content (AvgIpc) is 2.58. The molecule has 0 bridgehead atoms. The molecule has 0 fully saturated rings. The molecule has 1 aromatic carbocycles. The van der Waals surface area contributed by atoms with Crippen molar-refractivity contribution >= 4 is 5.71 Å². The van der Waals surface area contributed by atoms with E-state index in [9.17, 15) is 0 Å². The molecule has 2 rings (SSSR count). The summed E-state index contributed by atoms with van der Waals surface area (Å²) in [7, 11) is 0. The van der Waals surface area contributed by atoms with E-state index in [0.717, 1.165) is 18.7 Å². The van der Waals surface area contributed by atoms with Crippen LogP contribution in [0.5, 0.6) is 0 Å². The lowest BCUT2D eigenvalue weighted by atomic mass is 10.1. The maximum Gasteiger partial charge on any atom is 0.122 e. The van der Waals surface area contributed by atoms with Crippen LogP contribution in [-0.2, 0) is 4.84 Å². The van der Waals surface area contributed by atoms with Crippen molar-refractivity contribution in [2.24, 2.45) is 5.16 Å². The van der Waals surface area contributed by atoms with Gasteiger partial charge in [0.15, 0.2) is 0 Å². The standard InChI is InChI=1S/C9H9NO/c1-2-4-8(5-3-1)9-6-7-11-10-9/h1-5H,6-7H2. The van der Waals surface area contributed by atoms with Crippen molar-refractivity contribution in [3.63, 3.8) is 0 Å². The molecule has 2 heteroatoms. The van der Waals surface area contributed by atoms with Crippen LogP contribution in [0.1, 0.15) is 12.0 Å². The first kappa shape index (κ1) is 6.40. The van der Waals surface area contributed by atoms with Crippen molar-refractivity contribution in [1.29, 1.82) is 0 Å². The highest BCUT2D eigenvalue weighted by atomic mass is 16.6. The number of hydrogen-bond acceptors (Lipinski definition) is 2. The smallest absolute Gasteiger partial charge is 0.122 e. The second-order valence-corrected chi connectivity index (χ2v) is 2.49. The van der Waals surface area contributed by atoms with Crippen molar-refractivity contribution in [2.75, 3.05) is 6.61 Å². The van der Waals surface area contributed by atoms with Gasteiger partial charge in [-0.3, -0.25) is 0 Å². The first-order valence-corrected chi connectivity index (χ1v) is 3.71. The normalized spacial score (nSPS) is 15.8. The van der Waals surface area contributed by atoms with Crippen LogP contribution < -0.4 is 0 Å². The van der Waals surface area contributed by atoms with Gasteiger partial charge in [-0.2, -0.15) is 0 Å². The summed E-state index contributed by atoms with van der Waals surface area (Å²) in [6, 6.07) is 10.1. The minimum Gasteiger partial charge on any atom is -0.395 e. The zero-order valence-corrected chi connectivity index (χ0v) is 6.16. The van der Waals surface area contributed by atoms with Gasteiger partial charge >= 0.3 is 0 Å². The van der Waals surface area contributed by atoms with E-state index in [-0.39, 0.29) is 0 Å². The third-order valence-electron chi connectivity index (χ3n) is 1.71. The molecule has 0 unspecified atom stereocenters. The quantitative estimate of drug-likeness (QED) is 0.593. The molecule has 0 N–H and O–H groups in total. The van der Waals surface area contributed by atoms with Gasteiger partial charge in [-0.05, 0) is 5.56 Å². The van der Waals surface area contributed by atoms with Gasteiger partial charge in [0, 0.05) is 6.42 Å². The molecule has 0 saturated carbocycles. The second-order valence-electron chi connectivity index (χ2n) is 2.49. The molecule has 0 radical (unpaired) electrons. The third-order valence-corrected chi connectivity index (χ3v) is 1.71. The van der Waals surface area contributed by atoms with Crippen LogP contribution in [0.4, 0.5) is 0 Å². The van der Waals surface area contributed by atoms with E-state index in [2.05, 4.69) is 5.16 Å². The minimum absolute atomic E-state index is 0.726. The highest BCUT2D eigenvalue weighted by Gasteiger charge is 2.08. The van der Waals surface area contributed by atoms with Crippen molar-refractivity contribution < 1.29 is 4.84 Å². The highest BCUT2D eigenvalue weighted by molar-refractivity contribution is 6.00. The van der Waals surface area contributed by atoms with Crippen molar-refractivity contribution in [3.05, 3.63) is 35.9 Å². The summed E-state index contributed by atoms with van der Waals surface area (Å²) in [5.74, 6) is 0. The molecule has 0 aromatic heterocycles. The summed E-state index contributed by atoms with van der Waals surface area (Å²) < 4.78 is 0. The predicted molar refractivity (Wildman–Crippen MR) is 43.5 cm³/mol. The van der Waals surface area contributed by atoms with Crippen LogP contribution in [0.2, 0.25) is 0 Å². The number of hydrogen-bond donors (Lipinski definition) is 0. The maximum absolute atomic E-state index is 4.90. The highest BCUT2D eigenvalue weighted by Crippen LogP contribution is 2.09. The lowest BCUT2D eigenvalue weighted by Crippen LogP contribution is -1.95. The van der Waals surface area contributed by atoms with Crippen LogP contribution in [0.3, 0.4) is 0 Å². The van der Waals surface area contributed by atoms with E-state index in [4.69, 9.17) is 4.84 Å². The Hall–Kier alpha value is -1.31. The van der Waals surface area contributed by atoms with Gasteiger partial charge in [-0.25, -0.2) is 0 Å². The summed E-state index contributed by atoms with van der Waals surface area (Å²) in [6.07, 6.45) is 0.935. The Labute approximate surface area is 65.5 Å². The molecule has 1 aliphatic heterocycles. The topological polar surface area (TPSA) is 21.6 Å². The molecular weight excluding hydrogens is 138 g/mol. The Kier molecular flexibility index (Phi) is 1.60. The van der Waals surface area contributed by atoms with Crippen LogP contribution in [-0.4, -0.2) is 12.3 Å². The lowest BCUT2D eigenvalue weighted by Gasteiger charge is -1.94. The van der Waals surface area contributed by atoms with Crippen molar-refractivity contribution in [3.8, 4) is 0 Å². The van der Waals surface area contributed by atoms with Crippen LogP contribution in [0, 0.1) is 0 Å². The fourth-order valence-corrected chi connectivity index (χ4v) is 1.14. The van der Waals surface area contributed by atoms with E-state index < -0.39 is 0 Å². The summed E-state index contributed by atoms with van der Waals surface area (Å²) in [4.78, 5) is 4.90. The zero-order chi connectivity index (χ0) is 7.52. The van der Waals surface area contributed by atoms with Crippen molar-refractivity contribution in [1.82, 2.24) is 0 Å². The summed E-state index contributed by atoms with van der Waals surface area (Å²) >= 11 is 0. The molecular formula is C9H9NO. The molecule has 1 heterocycles. The Bertz CT molecular complexity index is 266. The van der Waals surface area contributed by atoms with Crippen molar-refractivity contribution in [2.45, 2.75) is 6.42 Å². The van der Waals surface area contributed by atoms with Crippen LogP contribution >= 0.6 is 0 Å². The SMILES string of the molecule is c1ccc(C2=NOCC2)cc1. The molecule has 0 aliphatic carbocycles. The second kappa shape index (κ2) is 2.74. The number of oxime groups is 1. The van der Waals surface area contributed by atoms with Gasteiger partial charge in [0.2, 0.25) is 0 Å². The summed E-state index contributed by atoms with van der Waals surface area (Å²) in [5.41, 5.74) is 2.23. The van der Waals surface area contributed by atoms with Gasteiger partial charge in [0.1, 0.15) is 6.61 Å². The van der Waals surface area contributed by atoms with Gasteiger partial charge in [-0.15, -0.1) is 0 Å². The Morgan fingerprint density at radius 1 is 1.18 bits per heavy atom. The van der Waals surface area contributed by atoms with E-state index in [1.807, 2.05) is 30.3 Å². The Balaban J connectivity index is 2.29. The summed E-state index contributed by atoms with van der Waals surface area (Å²) in [5, 5.41) is 3.92. The number of benzene rings is 1. The number of rotatable bonds is 1. The third kappa shape index (κ3) is 1.24. The molecule has 11 heavy (non-hydrogen) atoms. The van der Waals surface area contributed by atoms with Crippen LogP contribution in [0.15, 0.2) is 35.5 Å². The first-order valence-electron chi connectivity index (χ1n) is 3.71. The van der Waals surface area contributed by atoms with Gasteiger partial charge < -0.3 is 4.84 Å². The zero-order valence-electron chi connectivity index (χ0n) is 6.16. The van der Waals surface area contributed by atoms with E-state index in [1.165, 1.54) is 5.56 Å². The molecule has 56 valence electrons. The molecule has 1 aromatic rings. The fourth-order valence-electron chi connectivity index (χ4n) is 1.14. The Morgan fingerprint density at radius 3 is 2.64 bits per heavy atom. The van der Waals surface area contributed by atoms with E-state index in [0.29, 0.717) is 0 Å². The minimum atomic E-state index is 0.726. The molecule has 0 atom stereocenters. The summed E-state index contributed by atoms with van der Waals surface area (Å²) in [6.45, 7) is 0.726. The number of nitrogens with zero attached hydrogens (tertiary/aromatic N) is 1. The maximum atomic E-state index is 4.90. The first-order chi connectivity index (χ1) is 5.47. The van der Waals surface area contributed by atoms with E-state index in [1.54, 1.807) is 0 Å². The fraction of sp³-hybridized carbons (Fsp3) is 0.222. The van der Waals surface area contributed by atoms with Gasteiger partial charge in [-0.1, -0.05) is 35.5 Å². The molecule has 0 saturated heterocycles. The molecule has 0 spiro atoms. The molecule has 2 nitrogen and oxygen atoms in total. The molecule has 0 amide bonds. The van der Waals surface area contributed by atoms with Crippen LogP contribution in [0.25, 0.3) is 0 Å². The Morgan fingerprint density at radius 2 is 2.00 bits per heavy atom. The predicted octanol–water partition coefficient (Wildman–Crippen LogP) is 1.81. The molecule has 1 aliphatic rings. The average molecular weight is 147 g/mol. The van der Waals surface area contributed by atoms with Gasteiger partial charge in [0.25, 0.3) is 0 Å². The monoisotopic (exact) mass is 147 g/mol. The van der Waals surface area contributed by atoms with Gasteiger partial charge in [0.05, 0.1) is 5.71 Å². The van der Waals surface area contributed by atoms with E-state index >= 15 is 0 Å². The largest absolute Gasteiger partial charge is 0.395 e.